The zero-order chi connectivity index (χ0) is 33.5. The van der Waals surface area contributed by atoms with E-state index in [1.54, 1.807) is 0 Å². The molecule has 11 aromatic rings. The van der Waals surface area contributed by atoms with Crippen LogP contribution in [0.1, 0.15) is 0 Å². The molecule has 0 saturated heterocycles. The van der Waals surface area contributed by atoms with Gasteiger partial charge in [0.2, 0.25) is 0 Å². The van der Waals surface area contributed by atoms with Crippen LogP contribution in [0.3, 0.4) is 0 Å². The number of rotatable bonds is 4. The predicted octanol–water partition coefficient (Wildman–Crippen LogP) is 13.1. The average molecular weight is 651 g/mol. The van der Waals surface area contributed by atoms with Crippen LogP contribution < -0.4 is 0 Å². The number of nitrogens with zero attached hydrogens (tertiary/aromatic N) is 2. The fourth-order valence-electron chi connectivity index (χ4n) is 8.13. The van der Waals surface area contributed by atoms with Crippen LogP contribution in [0.5, 0.6) is 0 Å². The van der Waals surface area contributed by atoms with Crippen LogP contribution >= 0.6 is 0 Å². The standard InChI is InChI=1S/C48H30N2O/c1-2-10-31(11-3-1)34-22-27-39-41-30-48-42(40-14-6-9-17-47(40)51-48)29-46(41)50(45(39)28-34)36-25-20-33(21-26-36)32-18-23-35(24-19-32)49-43-15-7-4-12-37(43)38-13-5-8-16-44(38)49/h1-30H. The summed E-state index contributed by atoms with van der Waals surface area (Å²) in [5, 5.41) is 7.20. The van der Waals surface area contributed by atoms with Gasteiger partial charge in [-0.2, -0.15) is 0 Å². The van der Waals surface area contributed by atoms with E-state index in [4.69, 9.17) is 4.42 Å². The second-order valence-electron chi connectivity index (χ2n) is 13.4. The van der Waals surface area contributed by atoms with Crippen molar-refractivity contribution >= 4 is 65.6 Å². The molecule has 0 aliphatic carbocycles. The first-order chi connectivity index (χ1) is 25.3. The van der Waals surface area contributed by atoms with Crippen molar-refractivity contribution in [3.05, 3.63) is 182 Å². The second-order valence-corrected chi connectivity index (χ2v) is 13.4. The van der Waals surface area contributed by atoms with Crippen LogP contribution in [0, 0.1) is 0 Å². The molecule has 0 aliphatic rings. The van der Waals surface area contributed by atoms with Gasteiger partial charge in [0.1, 0.15) is 11.2 Å². The minimum Gasteiger partial charge on any atom is -0.456 e. The van der Waals surface area contributed by atoms with Gasteiger partial charge in [-0.1, -0.05) is 121 Å². The number of fused-ring (bicyclic) bond motifs is 9. The van der Waals surface area contributed by atoms with E-state index in [0.29, 0.717) is 0 Å². The smallest absolute Gasteiger partial charge is 0.136 e. The number of benzene rings is 8. The van der Waals surface area contributed by atoms with E-state index >= 15 is 0 Å². The summed E-state index contributed by atoms with van der Waals surface area (Å²) in [6, 6.07) is 65.5. The van der Waals surface area contributed by atoms with Crippen molar-refractivity contribution in [1.29, 1.82) is 0 Å². The molecule has 8 aromatic carbocycles. The number of hydrogen-bond donors (Lipinski definition) is 0. The summed E-state index contributed by atoms with van der Waals surface area (Å²) in [7, 11) is 0. The summed E-state index contributed by atoms with van der Waals surface area (Å²) in [6.07, 6.45) is 0. The molecule has 0 aliphatic heterocycles. The van der Waals surface area contributed by atoms with Crippen molar-refractivity contribution in [2.75, 3.05) is 0 Å². The van der Waals surface area contributed by atoms with Gasteiger partial charge in [-0.05, 0) is 82.9 Å². The third-order valence-corrected chi connectivity index (χ3v) is 10.5. The molecular weight excluding hydrogens is 621 g/mol. The molecule has 0 saturated carbocycles. The van der Waals surface area contributed by atoms with Crippen LogP contribution in [0.25, 0.3) is 99.2 Å². The van der Waals surface area contributed by atoms with Gasteiger partial charge in [0.05, 0.1) is 22.1 Å². The molecule has 0 unspecified atom stereocenters. The Kier molecular flexibility index (Phi) is 5.96. The maximum atomic E-state index is 6.35. The largest absolute Gasteiger partial charge is 0.456 e. The third-order valence-electron chi connectivity index (χ3n) is 10.5. The van der Waals surface area contributed by atoms with Crippen LogP contribution in [-0.4, -0.2) is 9.13 Å². The topological polar surface area (TPSA) is 23.0 Å². The van der Waals surface area contributed by atoms with E-state index in [2.05, 4.69) is 179 Å². The minimum absolute atomic E-state index is 0.912. The monoisotopic (exact) mass is 650 g/mol. The molecule has 0 N–H and O–H groups in total. The van der Waals surface area contributed by atoms with Gasteiger partial charge in [0, 0.05) is 43.7 Å². The molecule has 0 radical (unpaired) electrons. The molecule has 51 heavy (non-hydrogen) atoms. The highest BCUT2D eigenvalue weighted by Crippen LogP contribution is 2.40. The Morgan fingerprint density at radius 1 is 0.275 bits per heavy atom. The summed E-state index contributed by atoms with van der Waals surface area (Å²) >= 11 is 0. The third kappa shape index (κ3) is 4.25. The van der Waals surface area contributed by atoms with Crippen LogP contribution in [0.15, 0.2) is 186 Å². The molecule has 3 nitrogen and oxygen atoms in total. The van der Waals surface area contributed by atoms with Crippen molar-refractivity contribution < 1.29 is 4.42 Å². The lowest BCUT2D eigenvalue weighted by molar-refractivity contribution is 0.669. The number of hydrogen-bond acceptors (Lipinski definition) is 1. The molecule has 11 rings (SSSR count). The van der Waals surface area contributed by atoms with E-state index in [1.165, 1.54) is 60.3 Å². The molecule has 0 amide bonds. The van der Waals surface area contributed by atoms with E-state index < -0.39 is 0 Å². The molecule has 0 spiro atoms. The molecular formula is C48H30N2O. The fraction of sp³-hybridized carbons (Fsp3) is 0. The zero-order valence-electron chi connectivity index (χ0n) is 27.6. The van der Waals surface area contributed by atoms with Gasteiger partial charge in [-0.25, -0.2) is 0 Å². The van der Waals surface area contributed by atoms with Crippen molar-refractivity contribution in [3.8, 4) is 33.6 Å². The predicted molar refractivity (Wildman–Crippen MR) is 213 cm³/mol. The molecule has 0 fully saturated rings. The Bertz CT molecular complexity index is 3050. The Morgan fingerprint density at radius 2 is 0.765 bits per heavy atom. The fourth-order valence-corrected chi connectivity index (χ4v) is 8.13. The quantitative estimate of drug-likeness (QED) is 0.186. The second kappa shape index (κ2) is 10.8. The maximum Gasteiger partial charge on any atom is 0.136 e. The summed E-state index contributed by atoms with van der Waals surface area (Å²) in [5.74, 6) is 0. The first kappa shape index (κ1) is 28.0. The maximum absolute atomic E-state index is 6.35. The van der Waals surface area contributed by atoms with Gasteiger partial charge in [0.15, 0.2) is 0 Å². The molecule has 238 valence electrons. The van der Waals surface area contributed by atoms with Crippen LogP contribution in [-0.2, 0) is 0 Å². The van der Waals surface area contributed by atoms with Crippen molar-refractivity contribution in [1.82, 2.24) is 9.13 Å². The SMILES string of the molecule is c1ccc(-c2ccc3c4cc5oc6ccccc6c5cc4n(-c4ccc(-c5ccc(-n6c7ccccc7c7ccccc76)cc5)cc4)c3c2)cc1. The zero-order valence-corrected chi connectivity index (χ0v) is 27.6. The number of para-hydroxylation sites is 3. The average Bonchev–Trinajstić information content (AvgIpc) is 3.84. The van der Waals surface area contributed by atoms with Crippen LogP contribution in [0.4, 0.5) is 0 Å². The highest BCUT2D eigenvalue weighted by atomic mass is 16.3. The van der Waals surface area contributed by atoms with E-state index in [9.17, 15) is 0 Å². The summed E-state index contributed by atoms with van der Waals surface area (Å²) in [4.78, 5) is 0. The first-order valence-corrected chi connectivity index (χ1v) is 17.4. The van der Waals surface area contributed by atoms with Gasteiger partial charge in [-0.3, -0.25) is 0 Å². The minimum atomic E-state index is 0.912. The molecule has 0 atom stereocenters. The Hall–Kier alpha value is -6.84. The van der Waals surface area contributed by atoms with E-state index in [1.807, 2.05) is 12.1 Å². The normalized spacial score (nSPS) is 11.9. The lowest BCUT2D eigenvalue weighted by atomic mass is 10.0. The number of aromatic nitrogens is 2. The summed E-state index contributed by atoms with van der Waals surface area (Å²) < 4.78 is 11.1. The van der Waals surface area contributed by atoms with Gasteiger partial charge < -0.3 is 13.6 Å². The van der Waals surface area contributed by atoms with Gasteiger partial charge in [-0.15, -0.1) is 0 Å². The van der Waals surface area contributed by atoms with Gasteiger partial charge in [0.25, 0.3) is 0 Å². The number of furan rings is 1. The lowest BCUT2D eigenvalue weighted by Gasteiger charge is -2.12. The van der Waals surface area contributed by atoms with Crippen molar-refractivity contribution in [2.24, 2.45) is 0 Å². The highest BCUT2D eigenvalue weighted by Gasteiger charge is 2.18. The molecule has 3 heterocycles. The highest BCUT2D eigenvalue weighted by molar-refractivity contribution is 6.17. The van der Waals surface area contributed by atoms with Gasteiger partial charge >= 0.3 is 0 Å². The van der Waals surface area contributed by atoms with E-state index in [0.717, 1.165) is 38.8 Å². The molecule has 0 bridgehead atoms. The first-order valence-electron chi connectivity index (χ1n) is 17.4. The van der Waals surface area contributed by atoms with Crippen molar-refractivity contribution in [3.63, 3.8) is 0 Å². The van der Waals surface area contributed by atoms with E-state index in [-0.39, 0.29) is 0 Å². The Labute approximate surface area is 293 Å². The summed E-state index contributed by atoms with van der Waals surface area (Å²) in [6.45, 7) is 0. The van der Waals surface area contributed by atoms with Crippen molar-refractivity contribution in [2.45, 2.75) is 0 Å². The van der Waals surface area contributed by atoms with Crippen LogP contribution in [0.2, 0.25) is 0 Å². The summed E-state index contributed by atoms with van der Waals surface area (Å²) in [5.41, 5.74) is 13.7. The Morgan fingerprint density at radius 3 is 1.43 bits per heavy atom. The molecule has 3 heteroatoms. The molecule has 3 aromatic heterocycles. The Balaban J connectivity index is 1.05. The lowest BCUT2D eigenvalue weighted by Crippen LogP contribution is -1.95.